The number of aryl methyl sites for hydroxylation is 1. The summed E-state index contributed by atoms with van der Waals surface area (Å²) in [4.78, 5) is 12.0. The Kier molecular flexibility index (Phi) is 5.92. The lowest BCUT2D eigenvalue weighted by atomic mass is 10.1. The molecule has 140 valence electrons. The van der Waals surface area contributed by atoms with Crippen LogP contribution >= 0.6 is 0 Å². The lowest BCUT2D eigenvalue weighted by Gasteiger charge is -2.15. The van der Waals surface area contributed by atoms with Gasteiger partial charge < -0.3 is 9.47 Å². The Bertz CT molecular complexity index is 935. The van der Waals surface area contributed by atoms with Crippen molar-refractivity contribution in [1.82, 2.24) is 0 Å². The summed E-state index contributed by atoms with van der Waals surface area (Å²) < 4.78 is 38.4. The Balaban J connectivity index is 2.36. The summed E-state index contributed by atoms with van der Waals surface area (Å²) >= 11 is 0. The molecule has 0 saturated carbocycles. The van der Waals surface area contributed by atoms with Crippen LogP contribution in [0.25, 0.3) is 0 Å². The number of carbonyl (C=O) groups excluding carboxylic acids is 1. The van der Waals surface area contributed by atoms with Crippen LogP contribution in [0.5, 0.6) is 5.75 Å². The van der Waals surface area contributed by atoms with E-state index in [-0.39, 0.29) is 11.5 Å². The fourth-order valence-electron chi connectivity index (χ4n) is 2.60. The quantitative estimate of drug-likeness (QED) is 0.778. The van der Waals surface area contributed by atoms with Crippen molar-refractivity contribution < 1.29 is 22.7 Å². The SMILES string of the molecule is CCOC(=O)c1ccc(NS(=O)(=O)c2ccc(OC)c(C)c2C)c(C)c1. The smallest absolute Gasteiger partial charge is 0.338 e. The van der Waals surface area contributed by atoms with Gasteiger partial charge in [-0.1, -0.05) is 0 Å². The first-order chi connectivity index (χ1) is 12.2. The molecule has 0 fully saturated rings. The van der Waals surface area contributed by atoms with Gasteiger partial charge in [-0.2, -0.15) is 0 Å². The topological polar surface area (TPSA) is 81.7 Å². The van der Waals surface area contributed by atoms with Gasteiger partial charge in [0.05, 0.1) is 29.9 Å². The summed E-state index contributed by atoms with van der Waals surface area (Å²) in [6.07, 6.45) is 0. The van der Waals surface area contributed by atoms with E-state index in [0.29, 0.717) is 28.1 Å². The molecule has 0 heterocycles. The summed E-state index contributed by atoms with van der Waals surface area (Å²) in [5.74, 6) is 0.197. The van der Waals surface area contributed by atoms with E-state index in [4.69, 9.17) is 9.47 Å². The van der Waals surface area contributed by atoms with Gasteiger partial charge in [0, 0.05) is 0 Å². The average Bonchev–Trinajstić information content (AvgIpc) is 2.58. The fourth-order valence-corrected chi connectivity index (χ4v) is 4.03. The maximum atomic E-state index is 12.8. The van der Waals surface area contributed by atoms with Crippen LogP contribution in [-0.2, 0) is 14.8 Å². The maximum absolute atomic E-state index is 12.8. The van der Waals surface area contributed by atoms with E-state index in [1.165, 1.54) is 12.1 Å². The minimum absolute atomic E-state index is 0.185. The molecule has 0 unspecified atom stereocenters. The second-order valence-electron chi connectivity index (χ2n) is 5.87. The minimum Gasteiger partial charge on any atom is -0.496 e. The molecule has 2 aromatic carbocycles. The number of esters is 1. The Morgan fingerprint density at radius 3 is 2.35 bits per heavy atom. The third-order valence-corrected chi connectivity index (χ3v) is 5.69. The molecule has 0 bridgehead atoms. The van der Waals surface area contributed by atoms with Gasteiger partial charge in [0.25, 0.3) is 10.0 Å². The van der Waals surface area contributed by atoms with E-state index in [2.05, 4.69) is 4.72 Å². The number of nitrogens with one attached hydrogen (secondary N) is 1. The third kappa shape index (κ3) is 3.99. The minimum atomic E-state index is -3.78. The van der Waals surface area contributed by atoms with Gasteiger partial charge in [-0.15, -0.1) is 0 Å². The summed E-state index contributed by atoms with van der Waals surface area (Å²) in [6, 6.07) is 7.85. The number of hydrogen-bond acceptors (Lipinski definition) is 5. The molecule has 0 aliphatic rings. The first kappa shape index (κ1) is 19.8. The highest BCUT2D eigenvalue weighted by Gasteiger charge is 2.21. The van der Waals surface area contributed by atoms with Gasteiger partial charge in [-0.25, -0.2) is 13.2 Å². The highest BCUT2D eigenvalue weighted by molar-refractivity contribution is 7.92. The van der Waals surface area contributed by atoms with E-state index in [9.17, 15) is 13.2 Å². The van der Waals surface area contributed by atoms with E-state index >= 15 is 0 Å². The summed E-state index contributed by atoms with van der Waals surface area (Å²) in [7, 11) is -2.23. The molecule has 2 rings (SSSR count). The van der Waals surface area contributed by atoms with Crippen LogP contribution in [0.1, 0.15) is 34.0 Å². The predicted molar refractivity (Wildman–Crippen MR) is 100 cm³/mol. The van der Waals surface area contributed by atoms with Crippen molar-refractivity contribution in [2.24, 2.45) is 0 Å². The number of sulfonamides is 1. The number of methoxy groups -OCH3 is 1. The molecule has 0 amide bonds. The number of hydrogen-bond donors (Lipinski definition) is 1. The molecule has 0 spiro atoms. The molecule has 26 heavy (non-hydrogen) atoms. The molecule has 6 nitrogen and oxygen atoms in total. The van der Waals surface area contributed by atoms with E-state index in [1.54, 1.807) is 46.1 Å². The van der Waals surface area contributed by atoms with Crippen LogP contribution in [-0.4, -0.2) is 28.1 Å². The molecule has 0 atom stereocenters. The normalized spacial score (nSPS) is 11.1. The standard InChI is InChI=1S/C19H23NO5S/c1-6-25-19(21)15-7-8-16(12(2)11-15)20-26(22,23)18-10-9-17(24-5)13(3)14(18)4/h7-11,20H,6H2,1-5H3. The van der Waals surface area contributed by atoms with Crippen molar-refractivity contribution in [1.29, 1.82) is 0 Å². The number of anilines is 1. The predicted octanol–water partition coefficient (Wildman–Crippen LogP) is 3.60. The fraction of sp³-hybridized carbons (Fsp3) is 0.316. The Morgan fingerprint density at radius 1 is 1.08 bits per heavy atom. The first-order valence-electron chi connectivity index (χ1n) is 8.16. The van der Waals surface area contributed by atoms with Crippen molar-refractivity contribution in [2.45, 2.75) is 32.6 Å². The molecule has 0 aliphatic carbocycles. The second-order valence-corrected chi connectivity index (χ2v) is 7.52. The molecule has 1 N–H and O–H groups in total. The van der Waals surface area contributed by atoms with Gasteiger partial charge in [-0.3, -0.25) is 4.72 Å². The molecule has 7 heteroatoms. The first-order valence-corrected chi connectivity index (χ1v) is 9.64. The Hall–Kier alpha value is -2.54. The average molecular weight is 377 g/mol. The van der Waals surface area contributed by atoms with E-state index in [1.807, 2.05) is 6.92 Å². The monoisotopic (exact) mass is 377 g/mol. The largest absolute Gasteiger partial charge is 0.496 e. The highest BCUT2D eigenvalue weighted by atomic mass is 32.2. The number of rotatable bonds is 6. The Labute approximate surface area is 154 Å². The summed E-state index contributed by atoms with van der Waals surface area (Å²) in [5.41, 5.74) is 2.80. The number of benzene rings is 2. The zero-order valence-electron chi connectivity index (χ0n) is 15.5. The number of ether oxygens (including phenoxy) is 2. The van der Waals surface area contributed by atoms with Crippen LogP contribution in [0.4, 0.5) is 5.69 Å². The van der Waals surface area contributed by atoms with Crippen LogP contribution in [0.2, 0.25) is 0 Å². The van der Waals surface area contributed by atoms with Crippen LogP contribution in [0, 0.1) is 20.8 Å². The Morgan fingerprint density at radius 2 is 1.77 bits per heavy atom. The second kappa shape index (κ2) is 7.78. The molecule has 0 saturated heterocycles. The van der Waals surface area contributed by atoms with Crippen molar-refractivity contribution in [2.75, 3.05) is 18.4 Å². The van der Waals surface area contributed by atoms with Gasteiger partial charge in [0.15, 0.2) is 0 Å². The highest BCUT2D eigenvalue weighted by Crippen LogP contribution is 2.29. The molecular formula is C19H23NO5S. The molecule has 0 radical (unpaired) electrons. The van der Waals surface area contributed by atoms with Crippen molar-refractivity contribution in [3.8, 4) is 5.75 Å². The maximum Gasteiger partial charge on any atom is 0.338 e. The van der Waals surface area contributed by atoms with Crippen molar-refractivity contribution >= 4 is 21.7 Å². The molecular weight excluding hydrogens is 354 g/mol. The lowest BCUT2D eigenvalue weighted by molar-refractivity contribution is 0.0526. The van der Waals surface area contributed by atoms with E-state index in [0.717, 1.165) is 5.56 Å². The lowest BCUT2D eigenvalue weighted by Crippen LogP contribution is -2.16. The van der Waals surface area contributed by atoms with Gasteiger partial charge in [0.2, 0.25) is 0 Å². The molecule has 0 aliphatic heterocycles. The van der Waals surface area contributed by atoms with Crippen LogP contribution < -0.4 is 9.46 Å². The molecule has 2 aromatic rings. The van der Waals surface area contributed by atoms with Crippen molar-refractivity contribution in [3.05, 3.63) is 52.6 Å². The van der Waals surface area contributed by atoms with Crippen molar-refractivity contribution in [3.63, 3.8) is 0 Å². The van der Waals surface area contributed by atoms with Gasteiger partial charge >= 0.3 is 5.97 Å². The third-order valence-electron chi connectivity index (χ3n) is 4.18. The van der Waals surface area contributed by atoms with Gasteiger partial charge in [0.1, 0.15) is 5.75 Å². The van der Waals surface area contributed by atoms with E-state index < -0.39 is 16.0 Å². The van der Waals surface area contributed by atoms with Crippen LogP contribution in [0.15, 0.2) is 35.2 Å². The van der Waals surface area contributed by atoms with Crippen LogP contribution in [0.3, 0.4) is 0 Å². The number of carbonyl (C=O) groups is 1. The zero-order chi connectivity index (χ0) is 19.5. The summed E-state index contributed by atoms with van der Waals surface area (Å²) in [5, 5.41) is 0. The summed E-state index contributed by atoms with van der Waals surface area (Å²) in [6.45, 7) is 7.29. The van der Waals surface area contributed by atoms with Gasteiger partial charge in [-0.05, 0) is 74.7 Å². The zero-order valence-corrected chi connectivity index (χ0v) is 16.4. The molecule has 0 aromatic heterocycles.